The molecule has 1 atom stereocenters. The molecule has 60 valence electrons. The molecule has 0 spiro atoms. The van der Waals surface area contributed by atoms with E-state index in [1.807, 2.05) is 6.92 Å². The standard InChI is InChI=1S/C7H13Cl2N/c1-3-7(8,9)5-4-6(2)10/h3,6H,1,4-5,10H2,2H3. The molecule has 1 nitrogen and oxygen atoms in total. The monoisotopic (exact) mass is 181 g/mol. The van der Waals surface area contributed by atoms with Gasteiger partial charge in [-0.25, -0.2) is 0 Å². The summed E-state index contributed by atoms with van der Waals surface area (Å²) >= 11 is 11.5. The third-order valence-corrected chi connectivity index (χ3v) is 1.92. The van der Waals surface area contributed by atoms with E-state index in [4.69, 9.17) is 28.9 Å². The molecular formula is C7H13Cl2N. The number of hydrogen-bond donors (Lipinski definition) is 1. The second-order valence-electron chi connectivity index (χ2n) is 2.48. The third kappa shape index (κ3) is 5.10. The van der Waals surface area contributed by atoms with E-state index in [1.54, 1.807) is 0 Å². The maximum atomic E-state index is 5.76. The predicted molar refractivity (Wildman–Crippen MR) is 47.5 cm³/mol. The fourth-order valence-electron chi connectivity index (χ4n) is 0.522. The van der Waals surface area contributed by atoms with Crippen LogP contribution in [0.1, 0.15) is 19.8 Å². The SMILES string of the molecule is C=CC(Cl)(Cl)CCC(C)N. The van der Waals surface area contributed by atoms with Gasteiger partial charge in [-0.3, -0.25) is 0 Å². The molecule has 0 fully saturated rings. The summed E-state index contributed by atoms with van der Waals surface area (Å²) in [6.45, 7) is 5.43. The van der Waals surface area contributed by atoms with Crippen molar-refractivity contribution in [2.75, 3.05) is 0 Å². The van der Waals surface area contributed by atoms with E-state index in [-0.39, 0.29) is 6.04 Å². The molecule has 0 heterocycles. The van der Waals surface area contributed by atoms with E-state index >= 15 is 0 Å². The van der Waals surface area contributed by atoms with Crippen LogP contribution in [-0.4, -0.2) is 10.4 Å². The molecule has 0 aliphatic carbocycles. The summed E-state index contributed by atoms with van der Waals surface area (Å²) in [7, 11) is 0. The maximum absolute atomic E-state index is 5.76. The average molecular weight is 182 g/mol. The first-order valence-corrected chi connectivity index (χ1v) is 4.00. The summed E-state index contributed by atoms with van der Waals surface area (Å²) in [5, 5.41) is 0. The van der Waals surface area contributed by atoms with Gasteiger partial charge >= 0.3 is 0 Å². The van der Waals surface area contributed by atoms with Crippen molar-refractivity contribution < 1.29 is 0 Å². The fraction of sp³-hybridized carbons (Fsp3) is 0.714. The molecule has 2 N–H and O–H groups in total. The van der Waals surface area contributed by atoms with Crippen LogP contribution in [0.15, 0.2) is 12.7 Å². The van der Waals surface area contributed by atoms with E-state index < -0.39 is 4.33 Å². The maximum Gasteiger partial charge on any atom is 0.136 e. The lowest BCUT2D eigenvalue weighted by Gasteiger charge is -2.14. The highest BCUT2D eigenvalue weighted by Gasteiger charge is 2.18. The first kappa shape index (κ1) is 10.3. The Bertz CT molecular complexity index is 110. The van der Waals surface area contributed by atoms with Gasteiger partial charge in [0.15, 0.2) is 0 Å². The normalized spacial score (nSPS) is 14.8. The van der Waals surface area contributed by atoms with Crippen LogP contribution in [0, 0.1) is 0 Å². The molecule has 0 aliphatic heterocycles. The molecule has 10 heavy (non-hydrogen) atoms. The van der Waals surface area contributed by atoms with Crippen molar-refractivity contribution >= 4 is 23.2 Å². The van der Waals surface area contributed by atoms with Gasteiger partial charge in [0.2, 0.25) is 0 Å². The van der Waals surface area contributed by atoms with Crippen molar-refractivity contribution in [3.8, 4) is 0 Å². The molecule has 0 aromatic heterocycles. The van der Waals surface area contributed by atoms with Crippen LogP contribution in [0.2, 0.25) is 0 Å². The van der Waals surface area contributed by atoms with Gasteiger partial charge in [0.25, 0.3) is 0 Å². The molecule has 0 bridgehead atoms. The van der Waals surface area contributed by atoms with Crippen molar-refractivity contribution in [3.63, 3.8) is 0 Å². The van der Waals surface area contributed by atoms with Gasteiger partial charge in [0, 0.05) is 6.04 Å². The zero-order valence-corrected chi connectivity index (χ0v) is 7.62. The highest BCUT2D eigenvalue weighted by atomic mass is 35.5. The Morgan fingerprint density at radius 1 is 1.70 bits per heavy atom. The Morgan fingerprint density at radius 2 is 2.20 bits per heavy atom. The molecule has 3 heteroatoms. The van der Waals surface area contributed by atoms with Crippen LogP contribution < -0.4 is 5.73 Å². The van der Waals surface area contributed by atoms with Crippen molar-refractivity contribution in [2.24, 2.45) is 5.73 Å². The topological polar surface area (TPSA) is 26.0 Å². The van der Waals surface area contributed by atoms with Crippen LogP contribution >= 0.6 is 23.2 Å². The number of hydrogen-bond acceptors (Lipinski definition) is 1. The smallest absolute Gasteiger partial charge is 0.136 e. The fourth-order valence-corrected chi connectivity index (χ4v) is 0.740. The molecule has 0 rings (SSSR count). The molecule has 0 amide bonds. The van der Waals surface area contributed by atoms with Gasteiger partial charge in [0.1, 0.15) is 4.33 Å². The van der Waals surface area contributed by atoms with Gasteiger partial charge in [-0.05, 0) is 19.8 Å². The second kappa shape index (κ2) is 4.22. The predicted octanol–water partition coefficient (Wildman–Crippen LogP) is 2.47. The minimum Gasteiger partial charge on any atom is -0.328 e. The van der Waals surface area contributed by atoms with E-state index in [0.29, 0.717) is 6.42 Å². The van der Waals surface area contributed by atoms with Crippen molar-refractivity contribution in [3.05, 3.63) is 12.7 Å². The molecule has 0 aromatic rings. The molecule has 0 saturated carbocycles. The number of allylic oxidation sites excluding steroid dienone is 1. The summed E-state index contributed by atoms with van der Waals surface area (Å²) in [4.78, 5) is 0. The highest BCUT2D eigenvalue weighted by Crippen LogP contribution is 2.27. The van der Waals surface area contributed by atoms with Gasteiger partial charge in [-0.15, -0.1) is 6.58 Å². The van der Waals surface area contributed by atoms with Crippen molar-refractivity contribution in [1.82, 2.24) is 0 Å². The molecule has 0 aromatic carbocycles. The Kier molecular flexibility index (Phi) is 4.34. The van der Waals surface area contributed by atoms with E-state index in [2.05, 4.69) is 6.58 Å². The Morgan fingerprint density at radius 3 is 2.50 bits per heavy atom. The second-order valence-corrected chi connectivity index (χ2v) is 4.02. The van der Waals surface area contributed by atoms with Crippen LogP contribution in [0.4, 0.5) is 0 Å². The number of nitrogens with two attached hydrogens (primary N) is 1. The van der Waals surface area contributed by atoms with Crippen LogP contribution in [0.25, 0.3) is 0 Å². The first-order valence-electron chi connectivity index (χ1n) is 3.25. The Balaban J connectivity index is 3.56. The van der Waals surface area contributed by atoms with Crippen LogP contribution in [-0.2, 0) is 0 Å². The van der Waals surface area contributed by atoms with Crippen LogP contribution in [0.3, 0.4) is 0 Å². The highest BCUT2D eigenvalue weighted by molar-refractivity contribution is 6.49. The van der Waals surface area contributed by atoms with E-state index in [1.165, 1.54) is 6.08 Å². The number of alkyl halides is 2. The van der Waals surface area contributed by atoms with E-state index in [0.717, 1.165) is 6.42 Å². The Hall–Kier alpha value is 0.280. The first-order chi connectivity index (χ1) is 4.48. The van der Waals surface area contributed by atoms with Gasteiger partial charge < -0.3 is 5.73 Å². The lowest BCUT2D eigenvalue weighted by Crippen LogP contribution is -2.19. The quantitative estimate of drug-likeness (QED) is 0.524. The van der Waals surface area contributed by atoms with Gasteiger partial charge in [-0.1, -0.05) is 29.3 Å². The van der Waals surface area contributed by atoms with Gasteiger partial charge in [0.05, 0.1) is 0 Å². The van der Waals surface area contributed by atoms with Gasteiger partial charge in [-0.2, -0.15) is 0 Å². The lowest BCUT2D eigenvalue weighted by molar-refractivity contribution is 0.617. The van der Waals surface area contributed by atoms with E-state index in [9.17, 15) is 0 Å². The summed E-state index contributed by atoms with van der Waals surface area (Å²) in [5.74, 6) is 0. The number of halogens is 2. The zero-order valence-electron chi connectivity index (χ0n) is 6.11. The summed E-state index contributed by atoms with van der Waals surface area (Å²) in [6, 6.07) is 0.150. The molecular weight excluding hydrogens is 169 g/mol. The minimum absolute atomic E-state index is 0.150. The summed E-state index contributed by atoms with van der Waals surface area (Å²) in [5.41, 5.74) is 5.50. The molecule has 0 radical (unpaired) electrons. The lowest BCUT2D eigenvalue weighted by atomic mass is 10.1. The van der Waals surface area contributed by atoms with Crippen molar-refractivity contribution in [2.45, 2.75) is 30.1 Å². The summed E-state index contributed by atoms with van der Waals surface area (Å²) < 4.78 is -0.798. The van der Waals surface area contributed by atoms with Crippen LogP contribution in [0.5, 0.6) is 0 Å². The average Bonchev–Trinajstić information content (AvgIpc) is 1.85. The Labute approximate surface area is 72.2 Å². The largest absolute Gasteiger partial charge is 0.328 e. The number of rotatable bonds is 4. The van der Waals surface area contributed by atoms with Crippen molar-refractivity contribution in [1.29, 1.82) is 0 Å². The molecule has 0 aliphatic rings. The third-order valence-electron chi connectivity index (χ3n) is 1.23. The molecule has 1 unspecified atom stereocenters. The molecule has 0 saturated heterocycles. The zero-order chi connectivity index (χ0) is 8.20. The minimum atomic E-state index is -0.798. The summed E-state index contributed by atoms with van der Waals surface area (Å²) in [6.07, 6.45) is 3.01.